The average Bonchev–Trinajstić information content (AvgIpc) is 2.97. The molecule has 0 N–H and O–H groups in total. The molecule has 2 atom stereocenters. The zero-order chi connectivity index (χ0) is 29.4. The van der Waals surface area contributed by atoms with Gasteiger partial charge in [-0.25, -0.2) is 9.37 Å². The molecule has 0 bridgehead atoms. The fourth-order valence-electron chi connectivity index (χ4n) is 7.29. The zero-order valence-electron chi connectivity index (χ0n) is 24.8. The molecular formula is C32H41FN8O. The molecule has 42 heavy (non-hydrogen) atoms. The summed E-state index contributed by atoms with van der Waals surface area (Å²) in [6.07, 6.45) is 6.24. The molecule has 1 aromatic heterocycles. The first-order valence-corrected chi connectivity index (χ1v) is 15.2. The van der Waals surface area contributed by atoms with E-state index in [0.29, 0.717) is 25.6 Å². The van der Waals surface area contributed by atoms with Gasteiger partial charge in [0.05, 0.1) is 24.2 Å². The molecule has 1 aromatic carbocycles. The van der Waals surface area contributed by atoms with Crippen molar-refractivity contribution in [2.24, 2.45) is 5.92 Å². The molecule has 222 valence electrons. The molecule has 0 radical (unpaired) electrons. The number of anilines is 3. The van der Waals surface area contributed by atoms with Crippen LogP contribution in [0.1, 0.15) is 36.1 Å². The van der Waals surface area contributed by atoms with Crippen LogP contribution in [-0.4, -0.2) is 97.7 Å². The number of rotatable bonds is 7. The summed E-state index contributed by atoms with van der Waals surface area (Å²) in [5, 5.41) is 9.53. The third-order valence-corrected chi connectivity index (χ3v) is 9.29. The maximum Gasteiger partial charge on any atom is 0.246 e. The smallest absolute Gasteiger partial charge is 0.246 e. The van der Waals surface area contributed by atoms with Crippen molar-refractivity contribution < 1.29 is 9.18 Å². The first-order chi connectivity index (χ1) is 20.3. The van der Waals surface area contributed by atoms with Crippen LogP contribution >= 0.6 is 0 Å². The Bertz CT molecular complexity index is 1380. The van der Waals surface area contributed by atoms with Gasteiger partial charge in [0, 0.05) is 75.4 Å². The first-order valence-electron chi connectivity index (χ1n) is 15.2. The number of halogens is 1. The molecule has 0 spiro atoms. The summed E-state index contributed by atoms with van der Waals surface area (Å²) in [4.78, 5) is 33.8. The molecule has 6 rings (SSSR count). The Hall–Kier alpha value is -3.71. The number of piperazine rings is 1. The number of aromatic nitrogens is 2. The second-order valence-corrected chi connectivity index (χ2v) is 12.5. The van der Waals surface area contributed by atoms with Crippen molar-refractivity contribution in [1.82, 2.24) is 19.8 Å². The Morgan fingerprint density at radius 2 is 2.00 bits per heavy atom. The summed E-state index contributed by atoms with van der Waals surface area (Å²) in [6.45, 7) is 9.21. The highest BCUT2D eigenvalue weighted by Gasteiger charge is 2.37. The minimum Gasteiger partial charge on any atom is -0.368 e. The van der Waals surface area contributed by atoms with Crippen LogP contribution < -0.4 is 14.7 Å². The number of nitriles is 1. The van der Waals surface area contributed by atoms with Crippen LogP contribution in [0.25, 0.3) is 0 Å². The Kier molecular flexibility index (Phi) is 8.04. The summed E-state index contributed by atoms with van der Waals surface area (Å²) < 4.78 is 14.3. The number of fused-ring (bicyclic) bond motifs is 2. The van der Waals surface area contributed by atoms with Gasteiger partial charge in [0.15, 0.2) is 0 Å². The minimum atomic E-state index is -0.215. The van der Waals surface area contributed by atoms with Crippen molar-refractivity contribution in [2.45, 2.75) is 50.6 Å². The minimum absolute atomic E-state index is 0.131. The lowest BCUT2D eigenvalue weighted by atomic mass is 9.88. The monoisotopic (exact) mass is 572 g/mol. The van der Waals surface area contributed by atoms with Crippen molar-refractivity contribution in [3.05, 3.63) is 53.5 Å². The molecular weight excluding hydrogens is 531 g/mol. The van der Waals surface area contributed by atoms with Gasteiger partial charge in [-0.3, -0.25) is 4.79 Å². The molecule has 2 saturated heterocycles. The molecule has 1 amide bonds. The molecule has 2 unspecified atom stereocenters. The van der Waals surface area contributed by atoms with E-state index < -0.39 is 0 Å². The third kappa shape index (κ3) is 5.54. The fourth-order valence-corrected chi connectivity index (χ4v) is 7.29. The van der Waals surface area contributed by atoms with Crippen LogP contribution in [0, 0.1) is 23.1 Å². The molecule has 1 aliphatic carbocycles. The summed E-state index contributed by atoms with van der Waals surface area (Å²) in [7, 11) is 4.21. The van der Waals surface area contributed by atoms with E-state index in [9.17, 15) is 14.4 Å². The van der Waals surface area contributed by atoms with E-state index >= 15 is 0 Å². The highest BCUT2D eigenvalue weighted by Crippen LogP contribution is 2.38. The summed E-state index contributed by atoms with van der Waals surface area (Å²) >= 11 is 0. The second-order valence-electron chi connectivity index (χ2n) is 12.5. The van der Waals surface area contributed by atoms with Crippen LogP contribution in [0.15, 0.2) is 30.9 Å². The lowest BCUT2D eigenvalue weighted by molar-refractivity contribution is -0.128. The maximum atomic E-state index is 14.3. The number of nitrogens with zero attached hydrogens (tertiary/aromatic N) is 8. The SMILES string of the molecule is C=CC(=O)N1CCN(c2nc(N3CC(CN(C)C)C3)nc3c2CCC(N2CCCc4ccc(F)cc42)C3)CC1CC#N. The topological polar surface area (TPSA) is 82.8 Å². The van der Waals surface area contributed by atoms with Crippen LogP contribution in [0.5, 0.6) is 0 Å². The van der Waals surface area contributed by atoms with E-state index in [1.165, 1.54) is 17.2 Å². The molecule has 4 aliphatic rings. The van der Waals surface area contributed by atoms with Gasteiger partial charge >= 0.3 is 0 Å². The number of benzene rings is 1. The Morgan fingerprint density at radius 1 is 1.17 bits per heavy atom. The van der Waals surface area contributed by atoms with Crippen molar-refractivity contribution in [1.29, 1.82) is 5.26 Å². The van der Waals surface area contributed by atoms with Gasteiger partial charge in [-0.15, -0.1) is 0 Å². The molecule has 4 heterocycles. The highest BCUT2D eigenvalue weighted by molar-refractivity contribution is 5.87. The molecule has 2 fully saturated rings. The normalized spacial score (nSPS) is 22.4. The van der Waals surface area contributed by atoms with E-state index in [4.69, 9.17) is 9.97 Å². The van der Waals surface area contributed by atoms with E-state index in [1.54, 1.807) is 17.0 Å². The standard InChI is InChI=1S/C32H41FN8O/c1-4-30(42)41-15-14-38(21-26(41)11-12-34)31-27-10-9-25(40-13-5-6-23-7-8-24(33)16-29(23)40)17-28(27)35-32(36-31)39-19-22(20-39)18-37(2)3/h4,7-8,16,22,25-26H,1,5-6,9-11,13-15,17-21H2,2-3H3. The number of carbonyl (C=O) groups is 1. The number of hydrogen-bond donors (Lipinski definition) is 0. The van der Waals surface area contributed by atoms with Gasteiger partial charge in [0.1, 0.15) is 11.6 Å². The second kappa shape index (κ2) is 11.9. The van der Waals surface area contributed by atoms with Crippen molar-refractivity contribution in [3.63, 3.8) is 0 Å². The van der Waals surface area contributed by atoms with Crippen LogP contribution in [0.4, 0.5) is 21.8 Å². The predicted molar refractivity (Wildman–Crippen MR) is 162 cm³/mol. The molecule has 10 heteroatoms. The van der Waals surface area contributed by atoms with E-state index in [1.807, 2.05) is 6.07 Å². The van der Waals surface area contributed by atoms with E-state index in [2.05, 4.69) is 46.3 Å². The van der Waals surface area contributed by atoms with Crippen molar-refractivity contribution >= 4 is 23.4 Å². The number of amides is 1. The number of aryl methyl sites for hydroxylation is 1. The lowest BCUT2D eigenvalue weighted by Gasteiger charge is -2.44. The van der Waals surface area contributed by atoms with E-state index in [-0.39, 0.29) is 30.2 Å². The predicted octanol–water partition coefficient (Wildman–Crippen LogP) is 3.04. The zero-order valence-corrected chi connectivity index (χ0v) is 24.8. The van der Waals surface area contributed by atoms with Gasteiger partial charge in [-0.1, -0.05) is 12.6 Å². The van der Waals surface area contributed by atoms with Gasteiger partial charge < -0.3 is 24.5 Å². The average molecular weight is 573 g/mol. The van der Waals surface area contributed by atoms with Crippen LogP contribution in [0.2, 0.25) is 0 Å². The van der Waals surface area contributed by atoms with Gasteiger partial charge in [-0.2, -0.15) is 10.2 Å². The molecule has 3 aliphatic heterocycles. The Morgan fingerprint density at radius 3 is 2.76 bits per heavy atom. The summed E-state index contributed by atoms with van der Waals surface area (Å²) in [6, 6.07) is 7.52. The number of hydrogen-bond acceptors (Lipinski definition) is 8. The van der Waals surface area contributed by atoms with Crippen molar-refractivity contribution in [2.75, 3.05) is 74.6 Å². The number of carbonyl (C=O) groups excluding carboxylic acids is 1. The fraction of sp³-hybridized carbons (Fsp3) is 0.562. The maximum absolute atomic E-state index is 14.3. The van der Waals surface area contributed by atoms with Crippen molar-refractivity contribution in [3.8, 4) is 6.07 Å². The van der Waals surface area contributed by atoms with Crippen LogP contribution in [0.3, 0.4) is 0 Å². The summed E-state index contributed by atoms with van der Waals surface area (Å²) in [5.74, 6) is 1.99. The van der Waals surface area contributed by atoms with Gasteiger partial charge in [0.2, 0.25) is 11.9 Å². The quantitative estimate of drug-likeness (QED) is 0.469. The Balaban J connectivity index is 1.31. The highest BCUT2D eigenvalue weighted by atomic mass is 19.1. The molecule has 0 saturated carbocycles. The molecule has 2 aromatic rings. The largest absolute Gasteiger partial charge is 0.368 e. The lowest BCUT2D eigenvalue weighted by Crippen LogP contribution is -2.55. The van der Waals surface area contributed by atoms with Crippen LogP contribution in [-0.2, 0) is 24.1 Å². The third-order valence-electron chi connectivity index (χ3n) is 9.29. The Labute approximate surface area is 248 Å². The summed E-state index contributed by atoms with van der Waals surface area (Å²) in [5.41, 5.74) is 4.50. The van der Waals surface area contributed by atoms with Gasteiger partial charge in [0.25, 0.3) is 0 Å². The first kappa shape index (κ1) is 28.4. The van der Waals surface area contributed by atoms with Gasteiger partial charge in [-0.05, 0) is 63.6 Å². The molecule has 9 nitrogen and oxygen atoms in total. The van der Waals surface area contributed by atoms with E-state index in [0.717, 1.165) is 81.4 Å².